The van der Waals surface area contributed by atoms with Crippen LogP contribution in [0.15, 0.2) is 46.0 Å². The van der Waals surface area contributed by atoms with Crippen molar-refractivity contribution in [3.63, 3.8) is 0 Å². The second kappa shape index (κ2) is 9.16. The van der Waals surface area contributed by atoms with Crippen LogP contribution in [0.1, 0.15) is 94.8 Å². The average Bonchev–Trinajstić information content (AvgIpc) is 3.68. The highest BCUT2D eigenvalue weighted by molar-refractivity contribution is 8.01. The van der Waals surface area contributed by atoms with Crippen LogP contribution < -0.4 is 0 Å². The minimum Gasteiger partial charge on any atom is -0.472 e. The fourth-order valence-electron chi connectivity index (χ4n) is 9.06. The van der Waals surface area contributed by atoms with Crippen molar-refractivity contribution < 1.29 is 19.0 Å². The van der Waals surface area contributed by atoms with Crippen molar-refractivity contribution in [2.45, 2.75) is 113 Å². The summed E-state index contributed by atoms with van der Waals surface area (Å²) in [6.45, 7) is 4.72. The van der Waals surface area contributed by atoms with E-state index >= 15 is 0 Å². The Labute approximate surface area is 224 Å². The second-order valence-electron chi connectivity index (χ2n) is 13.0. The van der Waals surface area contributed by atoms with Crippen LogP contribution in [0.25, 0.3) is 0 Å². The summed E-state index contributed by atoms with van der Waals surface area (Å²) in [5.41, 5.74) is 2.20. The largest absolute Gasteiger partial charge is 0.472 e. The highest BCUT2D eigenvalue weighted by Gasteiger charge is 2.63. The fourth-order valence-corrected chi connectivity index (χ4v) is 11.0. The number of aliphatic hydroxyl groups excluding tert-OH is 2. The lowest BCUT2D eigenvalue weighted by molar-refractivity contribution is -0.191. The number of fused-ring (bicyclic) bond motifs is 2. The third-order valence-corrected chi connectivity index (χ3v) is 13.0. The van der Waals surface area contributed by atoms with Gasteiger partial charge >= 0.3 is 0 Å². The Hall–Kier alpha value is -1.25. The molecule has 37 heavy (non-hydrogen) atoms. The molecule has 5 saturated heterocycles. The van der Waals surface area contributed by atoms with Gasteiger partial charge in [-0.1, -0.05) is 13.8 Å². The first-order valence-corrected chi connectivity index (χ1v) is 15.5. The van der Waals surface area contributed by atoms with Gasteiger partial charge in [-0.3, -0.25) is 9.80 Å². The molecule has 0 aromatic carbocycles. The summed E-state index contributed by atoms with van der Waals surface area (Å²) in [6, 6.07) is 5.38. The van der Waals surface area contributed by atoms with Gasteiger partial charge in [0.05, 0.1) is 29.8 Å². The second-order valence-corrected chi connectivity index (χ2v) is 14.4. The zero-order valence-electron chi connectivity index (χ0n) is 22.2. The van der Waals surface area contributed by atoms with E-state index < -0.39 is 12.5 Å². The minimum atomic E-state index is -0.506. The molecule has 5 aliphatic rings. The summed E-state index contributed by atoms with van der Waals surface area (Å²) in [5, 5.41) is 24.4. The molecule has 7 rings (SSSR count). The molecule has 6 nitrogen and oxygen atoms in total. The van der Waals surface area contributed by atoms with Crippen LogP contribution in [0.5, 0.6) is 0 Å². The minimum absolute atomic E-state index is 0.180. The van der Waals surface area contributed by atoms with E-state index in [4.69, 9.17) is 8.83 Å². The number of hydrogen-bond donors (Lipinski definition) is 2. The molecule has 202 valence electrons. The molecule has 0 aliphatic carbocycles. The molecule has 2 spiro atoms. The molecule has 3 unspecified atom stereocenters. The Bertz CT molecular complexity index is 993. The number of aliphatic hydroxyl groups is 2. The maximum Gasteiger partial charge on any atom is 0.122 e. The summed E-state index contributed by atoms with van der Waals surface area (Å²) in [7, 11) is 0. The zero-order chi connectivity index (χ0) is 25.4. The van der Waals surface area contributed by atoms with Crippen molar-refractivity contribution in [3.05, 3.63) is 48.3 Å². The third-order valence-electron chi connectivity index (χ3n) is 11.1. The summed E-state index contributed by atoms with van der Waals surface area (Å²) >= 11 is 1.96. The van der Waals surface area contributed by atoms with Gasteiger partial charge in [0.2, 0.25) is 0 Å². The number of nitrogens with zero attached hydrogens (tertiary/aromatic N) is 2. The van der Waals surface area contributed by atoms with Gasteiger partial charge in [0.15, 0.2) is 0 Å². The molecule has 0 bridgehead atoms. The van der Waals surface area contributed by atoms with Gasteiger partial charge in [-0.05, 0) is 81.8 Å². The van der Waals surface area contributed by atoms with Crippen LogP contribution in [-0.4, -0.2) is 55.1 Å². The Morgan fingerprint density at radius 3 is 1.92 bits per heavy atom. The lowest BCUT2D eigenvalue weighted by atomic mass is 9.65. The number of thioether (sulfide) groups is 1. The van der Waals surface area contributed by atoms with Gasteiger partial charge < -0.3 is 19.0 Å². The number of hydrogen-bond acceptors (Lipinski definition) is 7. The molecule has 5 fully saturated rings. The Morgan fingerprint density at radius 1 is 0.784 bits per heavy atom. The first-order chi connectivity index (χ1) is 17.9. The summed E-state index contributed by atoms with van der Waals surface area (Å²) in [6.07, 6.45) is 16.0. The quantitative estimate of drug-likeness (QED) is 0.501. The predicted octanol–water partition coefficient (Wildman–Crippen LogP) is 5.94. The lowest BCUT2D eigenvalue weighted by Crippen LogP contribution is -2.64. The lowest BCUT2D eigenvalue weighted by Gasteiger charge is -2.58. The van der Waals surface area contributed by atoms with Gasteiger partial charge in [0.1, 0.15) is 12.5 Å². The van der Waals surface area contributed by atoms with Crippen LogP contribution >= 0.6 is 11.8 Å². The Balaban J connectivity index is 1.18. The van der Waals surface area contributed by atoms with Gasteiger partial charge in [0.25, 0.3) is 0 Å². The molecule has 2 N–H and O–H groups in total. The molecule has 2 aromatic heterocycles. The van der Waals surface area contributed by atoms with Crippen LogP contribution in [-0.2, 0) is 0 Å². The highest BCUT2D eigenvalue weighted by atomic mass is 32.2. The smallest absolute Gasteiger partial charge is 0.122 e. The van der Waals surface area contributed by atoms with E-state index in [9.17, 15) is 10.2 Å². The predicted molar refractivity (Wildman–Crippen MR) is 144 cm³/mol. The van der Waals surface area contributed by atoms with Crippen LogP contribution in [0.2, 0.25) is 0 Å². The van der Waals surface area contributed by atoms with Crippen LogP contribution in [0.4, 0.5) is 0 Å². The molecule has 5 aliphatic heterocycles. The normalized spacial score (nSPS) is 46.8. The molecule has 0 amide bonds. The van der Waals surface area contributed by atoms with Crippen molar-refractivity contribution in [2.24, 2.45) is 17.3 Å². The van der Waals surface area contributed by atoms with Crippen molar-refractivity contribution >= 4 is 11.8 Å². The molecule has 0 radical (unpaired) electrons. The Morgan fingerprint density at radius 2 is 1.35 bits per heavy atom. The summed E-state index contributed by atoms with van der Waals surface area (Å²) < 4.78 is 10.7. The number of furan rings is 2. The highest BCUT2D eigenvalue weighted by Crippen LogP contribution is 2.63. The number of piperidine rings is 4. The van der Waals surface area contributed by atoms with E-state index in [0.29, 0.717) is 23.9 Å². The molecule has 7 heteroatoms. The monoisotopic (exact) mass is 526 g/mol. The summed E-state index contributed by atoms with van der Waals surface area (Å²) in [5.74, 6) is 2.10. The molecule has 2 aromatic rings. The first kappa shape index (κ1) is 24.8. The molecule has 7 heterocycles. The van der Waals surface area contributed by atoms with Gasteiger partial charge in [-0.2, -0.15) is 11.8 Å². The maximum absolute atomic E-state index is 12.2. The van der Waals surface area contributed by atoms with E-state index in [0.717, 1.165) is 50.7 Å². The first-order valence-electron chi connectivity index (χ1n) is 14.5. The molecule has 0 saturated carbocycles. The molecular formula is C30H42N2O4S. The fraction of sp³-hybridized carbons (Fsp3) is 0.733. The standard InChI is InChI=1S/C30H42N2O4S/c1-19-3-5-25(21-9-13-35-15-21)31-23(19)7-11-29(27(31)33)17-30(37-18-29)12-8-24-20(2)4-6-26(32(24)28(30)34)22-10-14-36-16-22/h9-10,13-16,19-20,23-28,33-34H,3-8,11-12,17-18H2,1-2H3/t19-,20-,23+,24+,25?,26?,27-,28?,29+,30+/m1/s1. The maximum atomic E-state index is 12.2. The van der Waals surface area contributed by atoms with Crippen LogP contribution in [0.3, 0.4) is 0 Å². The van der Waals surface area contributed by atoms with Gasteiger partial charge in [-0.25, -0.2) is 0 Å². The van der Waals surface area contributed by atoms with Crippen molar-refractivity contribution in [3.8, 4) is 0 Å². The third kappa shape index (κ3) is 3.75. The summed E-state index contributed by atoms with van der Waals surface area (Å²) in [4.78, 5) is 4.90. The van der Waals surface area contributed by atoms with Crippen LogP contribution in [0, 0.1) is 17.3 Å². The van der Waals surface area contributed by atoms with E-state index in [1.54, 1.807) is 12.5 Å². The SMILES string of the molecule is C[C@@H]1CCC(c2ccoc2)N2C(O)[C@]3(CC[C@@H]12)C[C@@]1(CC[C@H]2[C@H](C)CCC(c4ccoc4)N2[C@@H]1O)CS3. The zero-order valence-corrected chi connectivity index (χ0v) is 23.0. The Kier molecular flexibility index (Phi) is 6.13. The number of rotatable bonds is 2. The molecular weight excluding hydrogens is 484 g/mol. The van der Waals surface area contributed by atoms with E-state index in [2.05, 4.69) is 35.8 Å². The topological polar surface area (TPSA) is 73.2 Å². The van der Waals surface area contributed by atoms with E-state index in [-0.39, 0.29) is 22.2 Å². The van der Waals surface area contributed by atoms with Crippen molar-refractivity contribution in [2.75, 3.05) is 5.75 Å². The van der Waals surface area contributed by atoms with E-state index in [1.807, 2.05) is 24.3 Å². The van der Waals surface area contributed by atoms with Gasteiger partial charge in [0, 0.05) is 46.5 Å². The van der Waals surface area contributed by atoms with Gasteiger partial charge in [-0.15, -0.1) is 0 Å². The van der Waals surface area contributed by atoms with E-state index in [1.165, 1.54) is 24.0 Å². The molecule has 10 atom stereocenters. The van der Waals surface area contributed by atoms with Crippen molar-refractivity contribution in [1.82, 2.24) is 9.80 Å². The average molecular weight is 527 g/mol. The van der Waals surface area contributed by atoms with Crippen molar-refractivity contribution in [1.29, 1.82) is 0 Å².